The summed E-state index contributed by atoms with van der Waals surface area (Å²) in [4.78, 5) is 15.6. The lowest BCUT2D eigenvalue weighted by Gasteiger charge is -2.28. The van der Waals surface area contributed by atoms with E-state index in [4.69, 9.17) is 0 Å². The van der Waals surface area contributed by atoms with E-state index in [1.165, 1.54) is 0 Å². The number of Topliss-reactive ketones (excluding diaryl/α,β-unsaturated/α-hetero) is 1. The first kappa shape index (κ1) is 25.9. The maximum Gasteiger partial charge on any atom is 0.182 e. The van der Waals surface area contributed by atoms with Crippen molar-refractivity contribution >= 4 is 27.8 Å². The highest BCUT2D eigenvalue weighted by Crippen LogP contribution is 2.40. The van der Waals surface area contributed by atoms with Crippen LogP contribution >= 0.6 is 16.1 Å². The second-order valence-electron chi connectivity index (χ2n) is 11.5. The molecule has 0 bridgehead atoms. The van der Waals surface area contributed by atoms with Crippen LogP contribution in [0.1, 0.15) is 96.6 Å². The minimum Gasteiger partial charge on any atom is -0.507 e. The maximum absolute atomic E-state index is 13.5. The van der Waals surface area contributed by atoms with Gasteiger partial charge in [0.25, 0.3) is 0 Å². The molecule has 1 heterocycles. The molecule has 0 amide bonds. The maximum atomic E-state index is 13.5. The van der Waals surface area contributed by atoms with Gasteiger partial charge in [-0.25, -0.2) is 0 Å². The monoisotopic (exact) mass is 492 g/mol. The predicted octanol–water partition coefficient (Wildman–Crippen LogP) is 6.88. The van der Waals surface area contributed by atoms with Gasteiger partial charge in [0, 0.05) is 29.2 Å². The molecule has 1 aliphatic rings. The van der Waals surface area contributed by atoms with Crippen molar-refractivity contribution in [1.82, 2.24) is 4.90 Å². The lowest BCUT2D eigenvalue weighted by atomic mass is 9.78. The molecule has 0 saturated carbocycles. The molecule has 1 N–H and O–H groups in total. The molecule has 5 heteroatoms. The van der Waals surface area contributed by atoms with Crippen molar-refractivity contribution in [2.24, 2.45) is 21.8 Å². The topological polar surface area (TPSA) is 52.9 Å². The number of amidine groups is 1. The Kier molecular flexibility index (Phi) is 8.05. The van der Waals surface area contributed by atoms with E-state index in [9.17, 15) is 9.90 Å². The number of likely N-dealkylation sites (tertiary alicyclic amines) is 1. The zero-order chi connectivity index (χ0) is 23.7. The molecule has 174 valence electrons. The van der Waals surface area contributed by atoms with Gasteiger partial charge >= 0.3 is 0 Å². The fourth-order valence-corrected chi connectivity index (χ4v) is 5.32. The van der Waals surface area contributed by atoms with Crippen LogP contribution in [0, 0.1) is 17.8 Å². The van der Waals surface area contributed by atoms with E-state index in [1.807, 2.05) is 12.1 Å². The fourth-order valence-electron chi connectivity index (χ4n) is 4.85. The van der Waals surface area contributed by atoms with Gasteiger partial charge in [0.1, 0.15) is 11.6 Å². The van der Waals surface area contributed by atoms with E-state index in [0.717, 1.165) is 36.3 Å². The fraction of sp³-hybridized carbons (Fsp3) is 0.692. The van der Waals surface area contributed by atoms with Crippen molar-refractivity contribution in [3.8, 4) is 5.75 Å². The summed E-state index contributed by atoms with van der Waals surface area (Å²) >= 11 is 3.34. The van der Waals surface area contributed by atoms with Gasteiger partial charge in [-0.3, -0.25) is 4.79 Å². The summed E-state index contributed by atoms with van der Waals surface area (Å²) in [6.45, 7) is 20.3. The van der Waals surface area contributed by atoms with E-state index < -0.39 is 0 Å². The van der Waals surface area contributed by atoms with Gasteiger partial charge in [0.2, 0.25) is 0 Å². The van der Waals surface area contributed by atoms with E-state index in [2.05, 4.69) is 87.4 Å². The summed E-state index contributed by atoms with van der Waals surface area (Å²) in [5.41, 5.74) is 1.80. The normalized spacial score (nSPS) is 21.4. The zero-order valence-electron chi connectivity index (χ0n) is 20.8. The second-order valence-corrected chi connectivity index (χ2v) is 11.8. The summed E-state index contributed by atoms with van der Waals surface area (Å²) in [6.07, 6.45) is 2.27. The number of carbonyl (C=O) groups is 1. The van der Waals surface area contributed by atoms with Crippen LogP contribution in [0.25, 0.3) is 0 Å². The molecule has 1 aromatic carbocycles. The Balaban J connectivity index is 2.43. The minimum atomic E-state index is -0.258. The van der Waals surface area contributed by atoms with E-state index >= 15 is 0 Å². The summed E-state index contributed by atoms with van der Waals surface area (Å²) in [5.74, 6) is 2.73. The standard InChI is InChI=1S/C26H41BrN2O2/c1-10-11-17-14-29(24(28-27)22(17)16(2)3)15-21(30)18-12-19(25(4,5)6)23(31)20(13-18)26(7,8)9/h12-13,16-17,22,31H,10-11,14-15H2,1-9H3/t17-,22-/m1/s1. The third-order valence-electron chi connectivity index (χ3n) is 6.43. The first-order valence-corrected chi connectivity index (χ1v) is 12.3. The number of aromatic hydroxyl groups is 1. The smallest absolute Gasteiger partial charge is 0.182 e. The number of rotatable bonds is 6. The first-order chi connectivity index (χ1) is 14.2. The number of hydrogen-bond donors (Lipinski definition) is 1. The number of halogens is 1. The van der Waals surface area contributed by atoms with Gasteiger partial charge in [0.05, 0.1) is 22.7 Å². The zero-order valence-corrected chi connectivity index (χ0v) is 22.4. The van der Waals surface area contributed by atoms with Crippen LogP contribution in [0.2, 0.25) is 0 Å². The Hall–Kier alpha value is -1.36. The van der Waals surface area contributed by atoms with Crippen LogP contribution in [0.4, 0.5) is 0 Å². The lowest BCUT2D eigenvalue weighted by molar-refractivity contribution is 0.0963. The van der Waals surface area contributed by atoms with Gasteiger partial charge < -0.3 is 10.0 Å². The van der Waals surface area contributed by atoms with Gasteiger partial charge in [-0.05, 0) is 41.2 Å². The van der Waals surface area contributed by atoms with Crippen molar-refractivity contribution in [3.63, 3.8) is 0 Å². The molecule has 1 aliphatic heterocycles. The lowest BCUT2D eigenvalue weighted by Crippen LogP contribution is -2.34. The quantitative estimate of drug-likeness (QED) is 0.440. The highest BCUT2D eigenvalue weighted by atomic mass is 79.9. The number of phenolic OH excluding ortho intramolecular Hbond substituents is 1. The van der Waals surface area contributed by atoms with Crippen molar-refractivity contribution in [3.05, 3.63) is 28.8 Å². The molecular weight excluding hydrogens is 452 g/mol. The number of ketones is 1. The number of nitrogens with zero attached hydrogens (tertiary/aromatic N) is 2. The van der Waals surface area contributed by atoms with Crippen LogP contribution in [-0.2, 0) is 10.8 Å². The van der Waals surface area contributed by atoms with Crippen LogP contribution in [0.15, 0.2) is 16.2 Å². The molecule has 0 aromatic heterocycles. The molecule has 0 radical (unpaired) electrons. The minimum absolute atomic E-state index is 0.0734. The summed E-state index contributed by atoms with van der Waals surface area (Å²) in [6, 6.07) is 3.77. The van der Waals surface area contributed by atoms with Crippen molar-refractivity contribution in [2.75, 3.05) is 13.1 Å². The average molecular weight is 494 g/mol. The SMILES string of the molecule is CCC[C@@H]1CN(CC(=O)c2cc(C(C)(C)C)c(O)c(C(C)(C)C)c2)C(=NBr)[C@@H]1C(C)C. The van der Waals surface area contributed by atoms with Crippen molar-refractivity contribution in [2.45, 2.75) is 86.0 Å². The number of carbonyl (C=O) groups excluding carboxylic acids is 1. The number of phenols is 1. The van der Waals surface area contributed by atoms with Crippen LogP contribution in [-0.4, -0.2) is 34.7 Å². The number of benzene rings is 1. The van der Waals surface area contributed by atoms with Gasteiger partial charge in [0.15, 0.2) is 5.78 Å². The molecule has 1 aromatic rings. The molecule has 2 rings (SSSR count). The predicted molar refractivity (Wildman–Crippen MR) is 134 cm³/mol. The van der Waals surface area contributed by atoms with Crippen molar-refractivity contribution < 1.29 is 9.90 Å². The summed E-state index contributed by atoms with van der Waals surface area (Å²) < 4.78 is 4.44. The summed E-state index contributed by atoms with van der Waals surface area (Å²) in [5, 5.41) is 11.0. The van der Waals surface area contributed by atoms with Gasteiger partial charge in [-0.15, -0.1) is 0 Å². The third-order valence-corrected chi connectivity index (χ3v) is 6.79. The van der Waals surface area contributed by atoms with Gasteiger partial charge in [-0.2, -0.15) is 4.02 Å². The van der Waals surface area contributed by atoms with E-state index in [0.29, 0.717) is 35.6 Å². The largest absolute Gasteiger partial charge is 0.507 e. The molecule has 31 heavy (non-hydrogen) atoms. The Bertz CT molecular complexity index is 796. The van der Waals surface area contributed by atoms with E-state index in [-0.39, 0.29) is 16.6 Å². The molecule has 4 nitrogen and oxygen atoms in total. The van der Waals surface area contributed by atoms with Crippen LogP contribution in [0.3, 0.4) is 0 Å². The molecule has 1 fully saturated rings. The second kappa shape index (κ2) is 9.64. The Morgan fingerprint density at radius 3 is 2.06 bits per heavy atom. The molecule has 2 atom stereocenters. The molecule has 0 aliphatic carbocycles. The van der Waals surface area contributed by atoms with Crippen LogP contribution < -0.4 is 0 Å². The first-order valence-electron chi connectivity index (χ1n) is 11.6. The molecule has 1 saturated heterocycles. The van der Waals surface area contributed by atoms with Crippen LogP contribution in [0.5, 0.6) is 5.75 Å². The van der Waals surface area contributed by atoms with Crippen molar-refractivity contribution in [1.29, 1.82) is 0 Å². The third kappa shape index (κ3) is 5.71. The highest BCUT2D eigenvalue weighted by Gasteiger charge is 2.40. The van der Waals surface area contributed by atoms with E-state index in [1.54, 1.807) is 0 Å². The molecule has 0 unspecified atom stereocenters. The Morgan fingerprint density at radius 2 is 1.68 bits per heavy atom. The molecule has 0 spiro atoms. The Labute approximate surface area is 197 Å². The molecular formula is C26H41BrN2O2. The number of hydrogen-bond acceptors (Lipinski definition) is 3. The summed E-state index contributed by atoms with van der Waals surface area (Å²) in [7, 11) is 0. The Morgan fingerprint density at radius 1 is 1.16 bits per heavy atom. The highest BCUT2D eigenvalue weighted by molar-refractivity contribution is 9.08. The average Bonchev–Trinajstić information content (AvgIpc) is 2.97. The van der Waals surface area contributed by atoms with Gasteiger partial charge in [-0.1, -0.05) is 68.7 Å².